The molecule has 2 aromatic rings. The summed E-state index contributed by atoms with van der Waals surface area (Å²) in [5, 5.41) is 0.878. The van der Waals surface area contributed by atoms with Crippen molar-refractivity contribution >= 4 is 17.7 Å². The van der Waals surface area contributed by atoms with Gasteiger partial charge in [0.15, 0.2) is 0 Å². The second kappa shape index (κ2) is 9.46. The van der Waals surface area contributed by atoms with Gasteiger partial charge >= 0.3 is 5.97 Å². The summed E-state index contributed by atoms with van der Waals surface area (Å²) in [7, 11) is 0. The molecule has 1 heterocycles. The van der Waals surface area contributed by atoms with Crippen LogP contribution in [0.15, 0.2) is 70.2 Å². The van der Waals surface area contributed by atoms with E-state index in [-0.39, 0.29) is 23.9 Å². The highest BCUT2D eigenvalue weighted by atomic mass is 32.2. The number of aromatic nitrogens is 1. The molecule has 0 bridgehead atoms. The topological polar surface area (TPSA) is 60.5 Å². The van der Waals surface area contributed by atoms with E-state index in [0.717, 1.165) is 21.2 Å². The Morgan fingerprint density at radius 1 is 1.21 bits per heavy atom. The Kier molecular flexibility index (Phi) is 6.98. The number of hydrogen-bond acceptors (Lipinski definition) is 6. The Morgan fingerprint density at radius 2 is 1.97 bits per heavy atom. The molecule has 3 rings (SSSR count). The Balaban J connectivity index is 1.53. The van der Waals surface area contributed by atoms with E-state index in [1.165, 1.54) is 0 Å². The standard InChI is InChI=1S/C23H28N2O3S/c1-16(2)14-28-24-13-19-21(23(19,3)4)22(26)27-15-17-9-8-12-20(25-17)29-18-10-6-5-7-11-18/h5-13,16,21,24H,14-15H2,1-4H3. The number of rotatable bonds is 9. The average molecular weight is 413 g/mol. The van der Waals surface area contributed by atoms with Crippen molar-refractivity contribution < 1.29 is 14.4 Å². The fourth-order valence-corrected chi connectivity index (χ4v) is 3.87. The number of carbonyl (C=O) groups excluding carboxylic acids is 1. The summed E-state index contributed by atoms with van der Waals surface area (Å²) in [5.74, 6) is -0.0356. The fraction of sp³-hybridized carbons (Fsp3) is 0.391. The van der Waals surface area contributed by atoms with Crippen LogP contribution in [0.1, 0.15) is 33.4 Å². The lowest BCUT2D eigenvalue weighted by Crippen LogP contribution is -2.12. The van der Waals surface area contributed by atoms with Crippen molar-refractivity contribution in [3.05, 3.63) is 66.0 Å². The van der Waals surface area contributed by atoms with Gasteiger partial charge in [-0.15, -0.1) is 0 Å². The molecular weight excluding hydrogens is 384 g/mol. The van der Waals surface area contributed by atoms with Gasteiger partial charge in [-0.05, 0) is 35.8 Å². The normalized spacial score (nSPS) is 18.7. The number of hydrogen-bond donors (Lipinski definition) is 1. The molecule has 0 saturated heterocycles. The SMILES string of the molecule is CC(C)CONC=C1C(C(=O)OCc2cccc(Sc3ccccc3)n2)C1(C)C. The molecule has 1 aromatic heterocycles. The fourth-order valence-electron chi connectivity index (χ4n) is 3.02. The minimum Gasteiger partial charge on any atom is -0.459 e. The van der Waals surface area contributed by atoms with Crippen LogP contribution in [0.5, 0.6) is 0 Å². The van der Waals surface area contributed by atoms with Crippen molar-refractivity contribution in [1.82, 2.24) is 10.5 Å². The number of carbonyl (C=O) groups is 1. The maximum absolute atomic E-state index is 12.6. The zero-order valence-electron chi connectivity index (χ0n) is 17.3. The van der Waals surface area contributed by atoms with Gasteiger partial charge < -0.3 is 4.74 Å². The molecule has 154 valence electrons. The smallest absolute Gasteiger partial charge is 0.314 e. The lowest BCUT2D eigenvalue weighted by molar-refractivity contribution is -0.147. The van der Waals surface area contributed by atoms with E-state index in [2.05, 4.69) is 24.3 Å². The molecular formula is C23H28N2O3S. The van der Waals surface area contributed by atoms with Gasteiger partial charge in [-0.25, -0.2) is 4.98 Å². The predicted molar refractivity (Wildman–Crippen MR) is 114 cm³/mol. The first-order chi connectivity index (χ1) is 13.9. The van der Waals surface area contributed by atoms with Gasteiger partial charge in [-0.1, -0.05) is 63.7 Å². The second-order valence-electron chi connectivity index (χ2n) is 8.07. The second-order valence-corrected chi connectivity index (χ2v) is 9.16. The molecule has 6 heteroatoms. The number of hydroxylamine groups is 1. The summed E-state index contributed by atoms with van der Waals surface area (Å²) in [6.07, 6.45) is 1.78. The first-order valence-electron chi connectivity index (χ1n) is 9.81. The molecule has 0 spiro atoms. The molecule has 1 aromatic carbocycles. The number of nitrogens with one attached hydrogen (secondary N) is 1. The van der Waals surface area contributed by atoms with Crippen molar-refractivity contribution in [2.24, 2.45) is 17.3 Å². The largest absolute Gasteiger partial charge is 0.459 e. The van der Waals surface area contributed by atoms with Gasteiger partial charge in [0, 0.05) is 16.5 Å². The Labute approximate surface area is 176 Å². The molecule has 1 aliphatic carbocycles. The van der Waals surface area contributed by atoms with Gasteiger partial charge in [0.1, 0.15) is 11.6 Å². The molecule has 1 unspecified atom stereocenters. The quantitative estimate of drug-likeness (QED) is 0.356. The van der Waals surface area contributed by atoms with Gasteiger partial charge in [0.25, 0.3) is 0 Å². The Hall–Kier alpha value is -2.31. The van der Waals surface area contributed by atoms with Crippen molar-refractivity contribution in [3.63, 3.8) is 0 Å². The van der Waals surface area contributed by atoms with Crippen LogP contribution in [-0.2, 0) is 21.0 Å². The molecule has 1 aliphatic rings. The van der Waals surface area contributed by atoms with Crippen LogP contribution in [-0.4, -0.2) is 17.6 Å². The van der Waals surface area contributed by atoms with E-state index >= 15 is 0 Å². The van der Waals surface area contributed by atoms with E-state index in [1.807, 2.05) is 62.4 Å². The van der Waals surface area contributed by atoms with E-state index in [4.69, 9.17) is 9.57 Å². The molecule has 5 nitrogen and oxygen atoms in total. The zero-order valence-corrected chi connectivity index (χ0v) is 18.2. The lowest BCUT2D eigenvalue weighted by atomic mass is 10.1. The summed E-state index contributed by atoms with van der Waals surface area (Å²) in [6, 6.07) is 15.8. The minimum atomic E-state index is -0.250. The zero-order chi connectivity index (χ0) is 20.9. The number of nitrogens with zero attached hydrogens (tertiary/aromatic N) is 1. The Morgan fingerprint density at radius 3 is 2.69 bits per heavy atom. The maximum atomic E-state index is 12.6. The van der Waals surface area contributed by atoms with Crippen LogP contribution in [0.3, 0.4) is 0 Å². The van der Waals surface area contributed by atoms with E-state index < -0.39 is 0 Å². The van der Waals surface area contributed by atoms with Gasteiger partial charge in [-0.2, -0.15) is 0 Å². The highest BCUT2D eigenvalue weighted by Gasteiger charge is 2.58. The molecule has 0 aliphatic heterocycles. The summed E-state index contributed by atoms with van der Waals surface area (Å²) < 4.78 is 5.55. The van der Waals surface area contributed by atoms with Crippen molar-refractivity contribution in [2.75, 3.05) is 6.61 Å². The summed E-state index contributed by atoms with van der Waals surface area (Å²) in [5.41, 5.74) is 4.35. The summed E-state index contributed by atoms with van der Waals surface area (Å²) in [4.78, 5) is 23.6. The van der Waals surface area contributed by atoms with Crippen LogP contribution in [0, 0.1) is 17.3 Å². The van der Waals surface area contributed by atoms with Crippen LogP contribution >= 0.6 is 11.8 Å². The lowest BCUT2D eigenvalue weighted by Gasteiger charge is -2.07. The van der Waals surface area contributed by atoms with Crippen LogP contribution in [0.25, 0.3) is 0 Å². The average Bonchev–Trinajstić information content (AvgIpc) is 3.25. The maximum Gasteiger partial charge on any atom is 0.314 e. The minimum absolute atomic E-state index is 0.166. The van der Waals surface area contributed by atoms with Gasteiger partial charge in [0.2, 0.25) is 0 Å². The van der Waals surface area contributed by atoms with Crippen LogP contribution < -0.4 is 5.48 Å². The van der Waals surface area contributed by atoms with Crippen LogP contribution in [0.2, 0.25) is 0 Å². The van der Waals surface area contributed by atoms with Crippen molar-refractivity contribution in [2.45, 2.75) is 44.2 Å². The number of benzene rings is 1. The summed E-state index contributed by atoms with van der Waals surface area (Å²) in [6.45, 7) is 9.00. The van der Waals surface area contributed by atoms with Gasteiger partial charge in [-0.3, -0.25) is 15.1 Å². The molecule has 1 N–H and O–H groups in total. The predicted octanol–water partition coefficient (Wildman–Crippen LogP) is 4.99. The molecule has 0 radical (unpaired) electrons. The van der Waals surface area contributed by atoms with Crippen molar-refractivity contribution in [1.29, 1.82) is 0 Å². The van der Waals surface area contributed by atoms with E-state index in [9.17, 15) is 4.79 Å². The number of ether oxygens (including phenoxy) is 1. The summed E-state index contributed by atoms with van der Waals surface area (Å²) >= 11 is 1.59. The van der Waals surface area contributed by atoms with E-state index in [0.29, 0.717) is 12.5 Å². The van der Waals surface area contributed by atoms with Crippen molar-refractivity contribution in [3.8, 4) is 0 Å². The molecule has 1 fully saturated rings. The highest BCUT2D eigenvalue weighted by Crippen LogP contribution is 2.58. The number of pyridine rings is 1. The Bertz CT molecular complexity index is 865. The van der Waals surface area contributed by atoms with Crippen LogP contribution in [0.4, 0.5) is 0 Å². The number of esters is 1. The molecule has 29 heavy (non-hydrogen) atoms. The first kappa shape index (κ1) is 21.4. The monoisotopic (exact) mass is 412 g/mol. The third-order valence-electron chi connectivity index (χ3n) is 4.75. The molecule has 1 saturated carbocycles. The van der Waals surface area contributed by atoms with E-state index in [1.54, 1.807) is 18.0 Å². The molecule has 0 amide bonds. The third kappa shape index (κ3) is 5.84. The van der Waals surface area contributed by atoms with Gasteiger partial charge in [0.05, 0.1) is 18.2 Å². The molecule has 1 atom stereocenters. The highest BCUT2D eigenvalue weighted by molar-refractivity contribution is 7.99. The first-order valence-corrected chi connectivity index (χ1v) is 10.6. The third-order valence-corrected chi connectivity index (χ3v) is 5.70.